The summed E-state index contributed by atoms with van der Waals surface area (Å²) in [7, 11) is 0. The summed E-state index contributed by atoms with van der Waals surface area (Å²) in [6.45, 7) is 2.83. The van der Waals surface area contributed by atoms with E-state index in [4.69, 9.17) is 21.1 Å². The standard InChI is InChI=1S/C23H18ClNO4/c1-14-6-8-15(9-7-14)22(26)16-4-2-3-5-17(16)23(27)25-19-13-21-20(12-18(19)24)28-10-11-29-21/h2-9,12-13H,10-11H2,1H3,(H,25,27). The summed E-state index contributed by atoms with van der Waals surface area (Å²) >= 11 is 6.29. The molecule has 0 unspecified atom stereocenters. The van der Waals surface area contributed by atoms with E-state index in [1.807, 2.05) is 19.1 Å². The van der Waals surface area contributed by atoms with Crippen LogP contribution in [0.5, 0.6) is 11.5 Å². The minimum Gasteiger partial charge on any atom is -0.486 e. The summed E-state index contributed by atoms with van der Waals surface area (Å²) < 4.78 is 11.0. The third kappa shape index (κ3) is 3.96. The summed E-state index contributed by atoms with van der Waals surface area (Å²) in [5, 5.41) is 3.10. The number of aryl methyl sites for hydroxylation is 1. The van der Waals surface area contributed by atoms with Crippen molar-refractivity contribution in [3.05, 3.63) is 87.9 Å². The third-order valence-electron chi connectivity index (χ3n) is 4.61. The van der Waals surface area contributed by atoms with Crippen LogP contribution in [0.2, 0.25) is 5.02 Å². The van der Waals surface area contributed by atoms with E-state index in [0.717, 1.165) is 5.56 Å². The molecule has 1 aliphatic rings. The molecule has 3 aromatic rings. The first-order valence-electron chi connectivity index (χ1n) is 9.14. The number of carbonyl (C=O) groups is 2. The molecule has 0 aromatic heterocycles. The lowest BCUT2D eigenvalue weighted by atomic mass is 9.97. The molecule has 5 nitrogen and oxygen atoms in total. The monoisotopic (exact) mass is 407 g/mol. The minimum absolute atomic E-state index is 0.218. The van der Waals surface area contributed by atoms with Crippen LogP contribution in [-0.4, -0.2) is 24.9 Å². The molecule has 0 spiro atoms. The number of fused-ring (bicyclic) bond motifs is 1. The Hall–Kier alpha value is -3.31. The Balaban J connectivity index is 1.63. The number of benzene rings is 3. The lowest BCUT2D eigenvalue weighted by Crippen LogP contribution is -2.18. The van der Waals surface area contributed by atoms with Gasteiger partial charge in [0.1, 0.15) is 13.2 Å². The van der Waals surface area contributed by atoms with Gasteiger partial charge in [-0.15, -0.1) is 0 Å². The van der Waals surface area contributed by atoms with Crippen LogP contribution in [0, 0.1) is 6.92 Å². The average Bonchev–Trinajstić information content (AvgIpc) is 2.74. The minimum atomic E-state index is -0.431. The Morgan fingerprint density at radius 3 is 2.21 bits per heavy atom. The molecular formula is C23H18ClNO4. The van der Waals surface area contributed by atoms with Crippen LogP contribution in [0.3, 0.4) is 0 Å². The van der Waals surface area contributed by atoms with Gasteiger partial charge in [0.2, 0.25) is 0 Å². The molecule has 0 aliphatic carbocycles. The fraction of sp³-hybridized carbons (Fsp3) is 0.130. The van der Waals surface area contributed by atoms with E-state index in [0.29, 0.717) is 46.5 Å². The van der Waals surface area contributed by atoms with Crippen LogP contribution in [0.25, 0.3) is 0 Å². The normalized spacial score (nSPS) is 12.3. The largest absolute Gasteiger partial charge is 0.486 e. The van der Waals surface area contributed by atoms with Crippen LogP contribution in [-0.2, 0) is 0 Å². The number of ether oxygens (including phenoxy) is 2. The van der Waals surface area contributed by atoms with Gasteiger partial charge in [-0.1, -0.05) is 59.6 Å². The number of halogens is 1. The molecule has 0 saturated carbocycles. The van der Waals surface area contributed by atoms with Gasteiger partial charge in [0.15, 0.2) is 17.3 Å². The molecule has 1 aliphatic heterocycles. The van der Waals surface area contributed by atoms with Gasteiger partial charge >= 0.3 is 0 Å². The SMILES string of the molecule is Cc1ccc(C(=O)c2ccccc2C(=O)Nc2cc3c(cc2Cl)OCCO3)cc1. The van der Waals surface area contributed by atoms with E-state index < -0.39 is 5.91 Å². The molecule has 0 atom stereocenters. The van der Waals surface area contributed by atoms with Gasteiger partial charge in [-0.25, -0.2) is 0 Å². The summed E-state index contributed by atoms with van der Waals surface area (Å²) in [4.78, 5) is 25.9. The number of nitrogens with one attached hydrogen (secondary N) is 1. The lowest BCUT2D eigenvalue weighted by molar-refractivity contribution is 0.0996. The van der Waals surface area contributed by atoms with E-state index >= 15 is 0 Å². The van der Waals surface area contributed by atoms with Crippen LogP contribution in [0.4, 0.5) is 5.69 Å². The Labute approximate surface area is 173 Å². The topological polar surface area (TPSA) is 64.6 Å². The predicted octanol–water partition coefficient (Wildman–Crippen LogP) is 4.90. The fourth-order valence-electron chi connectivity index (χ4n) is 3.09. The second-order valence-electron chi connectivity index (χ2n) is 6.67. The summed E-state index contributed by atoms with van der Waals surface area (Å²) in [5.74, 6) is 0.401. The van der Waals surface area contributed by atoms with Gasteiger partial charge in [0, 0.05) is 23.3 Å². The smallest absolute Gasteiger partial charge is 0.256 e. The van der Waals surface area contributed by atoms with E-state index in [-0.39, 0.29) is 11.3 Å². The van der Waals surface area contributed by atoms with Crippen molar-refractivity contribution in [3.63, 3.8) is 0 Å². The van der Waals surface area contributed by atoms with Crippen molar-refractivity contribution in [1.29, 1.82) is 0 Å². The van der Waals surface area contributed by atoms with Gasteiger partial charge < -0.3 is 14.8 Å². The van der Waals surface area contributed by atoms with Crippen molar-refractivity contribution in [2.75, 3.05) is 18.5 Å². The molecule has 0 saturated heterocycles. The molecule has 0 bridgehead atoms. The van der Waals surface area contributed by atoms with Gasteiger partial charge in [0.25, 0.3) is 5.91 Å². The molecule has 0 fully saturated rings. The van der Waals surface area contributed by atoms with E-state index in [2.05, 4.69) is 5.32 Å². The molecule has 1 amide bonds. The quantitative estimate of drug-likeness (QED) is 0.624. The first kappa shape index (κ1) is 19.0. The maximum Gasteiger partial charge on any atom is 0.256 e. The summed E-state index contributed by atoms with van der Waals surface area (Å²) in [6.07, 6.45) is 0. The highest BCUT2D eigenvalue weighted by molar-refractivity contribution is 6.34. The maximum atomic E-state index is 13.0. The lowest BCUT2D eigenvalue weighted by Gasteiger charge is -2.20. The molecule has 1 heterocycles. The summed E-state index contributed by atoms with van der Waals surface area (Å²) in [6, 6.07) is 17.2. The number of amides is 1. The van der Waals surface area contributed by atoms with E-state index in [9.17, 15) is 9.59 Å². The van der Waals surface area contributed by atoms with Crippen LogP contribution in [0.15, 0.2) is 60.7 Å². The summed E-state index contributed by atoms with van der Waals surface area (Å²) in [5.41, 5.74) is 2.55. The van der Waals surface area contributed by atoms with Crippen LogP contribution < -0.4 is 14.8 Å². The van der Waals surface area contributed by atoms with Crippen molar-refractivity contribution >= 4 is 29.0 Å². The molecular weight excluding hydrogens is 390 g/mol. The maximum absolute atomic E-state index is 13.0. The first-order valence-corrected chi connectivity index (χ1v) is 9.51. The number of hydrogen-bond donors (Lipinski definition) is 1. The Kier molecular flexibility index (Phi) is 5.23. The van der Waals surface area contributed by atoms with Gasteiger partial charge in [0.05, 0.1) is 16.3 Å². The number of ketones is 1. The van der Waals surface area contributed by atoms with Crippen molar-refractivity contribution in [2.24, 2.45) is 0 Å². The zero-order valence-electron chi connectivity index (χ0n) is 15.7. The first-order chi connectivity index (χ1) is 14.0. The molecule has 1 N–H and O–H groups in total. The molecule has 6 heteroatoms. The number of hydrogen-bond acceptors (Lipinski definition) is 4. The number of rotatable bonds is 4. The number of anilines is 1. The van der Waals surface area contributed by atoms with Crippen molar-refractivity contribution < 1.29 is 19.1 Å². The zero-order valence-corrected chi connectivity index (χ0v) is 16.5. The van der Waals surface area contributed by atoms with E-state index in [1.54, 1.807) is 48.5 Å². The second kappa shape index (κ2) is 7.97. The fourth-order valence-corrected chi connectivity index (χ4v) is 3.29. The third-order valence-corrected chi connectivity index (χ3v) is 4.92. The predicted molar refractivity (Wildman–Crippen MR) is 111 cm³/mol. The number of carbonyl (C=O) groups excluding carboxylic acids is 2. The van der Waals surface area contributed by atoms with Crippen molar-refractivity contribution in [1.82, 2.24) is 0 Å². The Bertz CT molecular complexity index is 1090. The average molecular weight is 408 g/mol. The van der Waals surface area contributed by atoms with E-state index in [1.165, 1.54) is 0 Å². The van der Waals surface area contributed by atoms with Gasteiger partial charge in [-0.05, 0) is 13.0 Å². The highest BCUT2D eigenvalue weighted by Crippen LogP contribution is 2.38. The highest BCUT2D eigenvalue weighted by Gasteiger charge is 2.21. The Morgan fingerprint density at radius 2 is 1.52 bits per heavy atom. The second-order valence-corrected chi connectivity index (χ2v) is 7.08. The molecule has 146 valence electrons. The molecule has 0 radical (unpaired) electrons. The zero-order chi connectivity index (χ0) is 20.4. The molecule has 29 heavy (non-hydrogen) atoms. The van der Waals surface area contributed by atoms with Crippen LogP contribution >= 0.6 is 11.6 Å². The molecule has 4 rings (SSSR count). The molecule has 3 aromatic carbocycles. The van der Waals surface area contributed by atoms with Gasteiger partial charge in [-0.3, -0.25) is 9.59 Å². The van der Waals surface area contributed by atoms with Crippen LogP contribution in [0.1, 0.15) is 31.8 Å². The van der Waals surface area contributed by atoms with Gasteiger partial charge in [-0.2, -0.15) is 0 Å². The van der Waals surface area contributed by atoms with Crippen molar-refractivity contribution in [2.45, 2.75) is 6.92 Å². The van der Waals surface area contributed by atoms with Crippen molar-refractivity contribution in [3.8, 4) is 11.5 Å². The highest BCUT2D eigenvalue weighted by atomic mass is 35.5. The Morgan fingerprint density at radius 1 is 0.897 bits per heavy atom.